The number of aromatic nitrogens is 1. The molecule has 1 heterocycles. The molecule has 0 saturated carbocycles. The molecule has 0 fully saturated rings. The summed E-state index contributed by atoms with van der Waals surface area (Å²) in [5.41, 5.74) is 2.64. The summed E-state index contributed by atoms with van der Waals surface area (Å²) in [6.45, 7) is 6.39. The summed E-state index contributed by atoms with van der Waals surface area (Å²) in [6, 6.07) is 8.73. The van der Waals surface area contributed by atoms with Gasteiger partial charge >= 0.3 is 0 Å². The Morgan fingerprint density at radius 3 is 2.69 bits per heavy atom. The van der Waals surface area contributed by atoms with Crippen molar-refractivity contribution in [2.75, 3.05) is 16.7 Å². The van der Waals surface area contributed by atoms with Gasteiger partial charge in [-0.05, 0) is 42.8 Å². The molecule has 2 aromatic rings. The summed E-state index contributed by atoms with van der Waals surface area (Å²) in [7, 11) is -1.26. The molecule has 0 aliphatic rings. The van der Waals surface area contributed by atoms with Gasteiger partial charge < -0.3 is 4.74 Å². The van der Waals surface area contributed by atoms with Crippen LogP contribution in [0.3, 0.4) is 0 Å². The number of aryl methyl sites for hydroxylation is 1. The lowest BCUT2D eigenvalue weighted by atomic mass is 10.2. The first-order valence-corrected chi connectivity index (χ1v) is 10.3. The van der Waals surface area contributed by atoms with Gasteiger partial charge in [-0.1, -0.05) is 18.5 Å². The third-order valence-corrected chi connectivity index (χ3v) is 5.56. The number of nitrogens with zero attached hydrogens (tertiary/aromatic N) is 4. The van der Waals surface area contributed by atoms with E-state index in [2.05, 4.69) is 21.9 Å². The maximum Gasteiger partial charge on any atom is 0.272 e. The predicted octanol–water partition coefficient (Wildman–Crippen LogP) is 4.38. The lowest BCUT2D eigenvalue weighted by Gasteiger charge is -2.23. The summed E-state index contributed by atoms with van der Waals surface area (Å²) in [6.07, 6.45) is -1.21. The molecule has 1 atom stereocenters. The number of hydrogen-bond acceptors (Lipinski definition) is 5. The van der Waals surface area contributed by atoms with Crippen LogP contribution in [0, 0.1) is 6.92 Å². The fraction of sp³-hybridized carbons (Fsp3) is 0.316. The molecule has 2 rings (SSSR count). The van der Waals surface area contributed by atoms with Gasteiger partial charge in [0.15, 0.2) is 6.61 Å². The first kappa shape index (κ1) is 22.9. The van der Waals surface area contributed by atoms with E-state index in [1.807, 2.05) is 19.9 Å². The Morgan fingerprint density at radius 1 is 1.38 bits per heavy atom. The van der Waals surface area contributed by atoms with Crippen molar-refractivity contribution in [3.63, 3.8) is 0 Å². The Kier molecular flexibility index (Phi) is 8.66. The molecule has 156 valence electrons. The minimum Gasteiger partial charge on any atom is -0.470 e. The van der Waals surface area contributed by atoms with Crippen LogP contribution in [0.15, 0.2) is 46.7 Å². The largest absolute Gasteiger partial charge is 0.470 e. The number of pyridine rings is 1. The third kappa shape index (κ3) is 6.57. The molecule has 0 spiro atoms. The molecular formula is C19H21ClF2N4O2S. The average Bonchev–Trinajstić information content (AvgIpc) is 2.71. The van der Waals surface area contributed by atoms with E-state index >= 15 is 0 Å². The van der Waals surface area contributed by atoms with E-state index in [-0.39, 0.29) is 12.4 Å². The van der Waals surface area contributed by atoms with Gasteiger partial charge in [-0.25, -0.2) is 13.0 Å². The number of alkyl halides is 2. The van der Waals surface area contributed by atoms with Gasteiger partial charge in [0.2, 0.25) is 5.90 Å². The minimum atomic E-state index is -2.64. The summed E-state index contributed by atoms with van der Waals surface area (Å²) in [4.78, 5) is 4.32. The normalized spacial score (nSPS) is 12.7. The van der Waals surface area contributed by atoms with Gasteiger partial charge in [0, 0.05) is 23.7 Å². The molecule has 6 nitrogen and oxygen atoms in total. The maximum absolute atomic E-state index is 12.6. The first-order chi connectivity index (χ1) is 13.8. The van der Waals surface area contributed by atoms with Gasteiger partial charge in [0.05, 0.1) is 23.5 Å². The molecule has 0 bridgehead atoms. The van der Waals surface area contributed by atoms with Crippen molar-refractivity contribution in [3.05, 3.63) is 58.4 Å². The summed E-state index contributed by atoms with van der Waals surface area (Å²) < 4.78 is 44.0. The van der Waals surface area contributed by atoms with Crippen LogP contribution in [0.2, 0.25) is 5.02 Å². The van der Waals surface area contributed by atoms with Crippen LogP contribution in [0.4, 0.5) is 14.5 Å². The second-order valence-electron chi connectivity index (χ2n) is 5.87. The Balaban J connectivity index is 2.24. The second kappa shape index (κ2) is 11.0. The second-order valence-corrected chi connectivity index (χ2v) is 7.94. The number of hydrogen-bond donors (Lipinski definition) is 0. The Bertz CT molecular complexity index is 894. The third-order valence-electron chi connectivity index (χ3n) is 3.81. The molecule has 29 heavy (non-hydrogen) atoms. The standard InChI is InChI=1S/C19H21ClF2N4O2S/c1-4-29(27)26(16-7-8-17(20)13(2)9-16)11-15-6-5-14(10-24-15)19(25-23-3)28-12-18(21)22/h5-10,18H,3-4,11-12H2,1-2H3/b25-19-. The minimum absolute atomic E-state index is 0.0957. The van der Waals surface area contributed by atoms with E-state index in [4.69, 9.17) is 16.3 Å². The molecule has 0 radical (unpaired) electrons. The molecule has 0 aliphatic heterocycles. The number of benzene rings is 1. The molecule has 10 heteroatoms. The predicted molar refractivity (Wildman–Crippen MR) is 113 cm³/mol. The van der Waals surface area contributed by atoms with Gasteiger partial charge in [-0.15, -0.1) is 5.10 Å². The van der Waals surface area contributed by atoms with Crippen molar-refractivity contribution in [1.82, 2.24) is 4.98 Å². The van der Waals surface area contributed by atoms with Crippen LogP contribution < -0.4 is 4.31 Å². The SMILES string of the molecule is C=N/N=C(\OCC(F)F)c1ccc(CN(c2ccc(Cl)c(C)c2)S(=O)CC)nc1. The van der Waals surface area contributed by atoms with Crippen molar-refractivity contribution in [3.8, 4) is 0 Å². The molecule has 1 aromatic carbocycles. The zero-order chi connectivity index (χ0) is 21.4. The van der Waals surface area contributed by atoms with Gasteiger partial charge in [-0.2, -0.15) is 5.10 Å². The lowest BCUT2D eigenvalue weighted by molar-refractivity contribution is 0.0765. The highest BCUT2D eigenvalue weighted by Crippen LogP contribution is 2.25. The van der Waals surface area contributed by atoms with E-state index in [0.717, 1.165) is 11.3 Å². The Morgan fingerprint density at radius 2 is 2.14 bits per heavy atom. The van der Waals surface area contributed by atoms with E-state index in [1.165, 1.54) is 6.20 Å². The van der Waals surface area contributed by atoms with Crippen LogP contribution in [0.1, 0.15) is 23.7 Å². The fourth-order valence-corrected chi connectivity index (χ4v) is 3.44. The molecule has 0 amide bonds. The fourth-order valence-electron chi connectivity index (χ4n) is 2.39. The molecule has 0 aliphatic carbocycles. The molecular weight excluding hydrogens is 422 g/mol. The van der Waals surface area contributed by atoms with E-state index in [0.29, 0.717) is 22.0 Å². The van der Waals surface area contributed by atoms with Gasteiger partial charge in [0.1, 0.15) is 11.0 Å². The summed E-state index contributed by atoms with van der Waals surface area (Å²) >= 11 is 6.09. The van der Waals surface area contributed by atoms with Crippen LogP contribution in [-0.2, 0) is 22.3 Å². The molecule has 1 unspecified atom stereocenters. The van der Waals surface area contributed by atoms with Crippen molar-refractivity contribution < 1.29 is 17.7 Å². The number of halogens is 3. The number of ether oxygens (including phenoxy) is 1. The first-order valence-electron chi connectivity index (χ1n) is 8.67. The van der Waals surface area contributed by atoms with E-state index in [1.54, 1.807) is 28.6 Å². The molecule has 1 aromatic heterocycles. The molecule has 0 saturated heterocycles. The van der Waals surface area contributed by atoms with Crippen molar-refractivity contribution in [2.45, 2.75) is 26.8 Å². The smallest absolute Gasteiger partial charge is 0.272 e. The highest BCUT2D eigenvalue weighted by molar-refractivity contribution is 7.86. The zero-order valence-corrected chi connectivity index (χ0v) is 17.6. The van der Waals surface area contributed by atoms with Gasteiger partial charge in [-0.3, -0.25) is 9.29 Å². The average molecular weight is 443 g/mol. The zero-order valence-electron chi connectivity index (χ0n) is 16.0. The molecule has 0 N–H and O–H groups in total. The topological polar surface area (TPSA) is 67.2 Å². The van der Waals surface area contributed by atoms with Crippen LogP contribution in [0.5, 0.6) is 0 Å². The summed E-state index contributed by atoms with van der Waals surface area (Å²) in [5.74, 6) is 0.338. The number of rotatable bonds is 9. The highest BCUT2D eigenvalue weighted by atomic mass is 35.5. The van der Waals surface area contributed by atoms with Crippen LogP contribution in [-0.4, -0.2) is 40.6 Å². The number of anilines is 1. The van der Waals surface area contributed by atoms with Gasteiger partial charge in [0.25, 0.3) is 6.43 Å². The summed E-state index contributed by atoms with van der Waals surface area (Å²) in [5, 5.41) is 7.59. The van der Waals surface area contributed by atoms with Crippen molar-refractivity contribution in [1.29, 1.82) is 0 Å². The van der Waals surface area contributed by atoms with E-state index < -0.39 is 24.0 Å². The quantitative estimate of drug-likeness (QED) is 0.329. The van der Waals surface area contributed by atoms with Crippen LogP contribution >= 0.6 is 11.6 Å². The Hall–Kier alpha value is -2.39. The highest BCUT2D eigenvalue weighted by Gasteiger charge is 2.16. The maximum atomic E-state index is 12.6. The Labute approximate surface area is 175 Å². The monoisotopic (exact) mass is 442 g/mol. The van der Waals surface area contributed by atoms with Crippen LogP contribution in [0.25, 0.3) is 0 Å². The lowest BCUT2D eigenvalue weighted by Crippen LogP contribution is -2.27. The van der Waals surface area contributed by atoms with Crippen molar-refractivity contribution in [2.24, 2.45) is 10.2 Å². The van der Waals surface area contributed by atoms with Crippen molar-refractivity contribution >= 4 is 40.9 Å². The van der Waals surface area contributed by atoms with E-state index in [9.17, 15) is 13.0 Å².